The molecule has 0 saturated carbocycles. The maximum Gasteiger partial charge on any atom is 0.310 e. The van der Waals surface area contributed by atoms with Crippen LogP contribution in [-0.4, -0.2) is 41.5 Å². The van der Waals surface area contributed by atoms with Crippen molar-refractivity contribution in [3.8, 4) is 0 Å². The van der Waals surface area contributed by atoms with Gasteiger partial charge in [0.2, 0.25) is 5.91 Å². The maximum absolute atomic E-state index is 13.4. The Morgan fingerprint density at radius 1 is 1.00 bits per heavy atom. The molecule has 2 aliphatic heterocycles. The normalized spacial score (nSPS) is 22.0. The molecular weight excluding hydrogens is 340 g/mol. The summed E-state index contributed by atoms with van der Waals surface area (Å²) in [6.45, 7) is 3.03. The quantitative estimate of drug-likeness (QED) is 0.908. The van der Waals surface area contributed by atoms with Crippen molar-refractivity contribution in [2.45, 2.75) is 26.2 Å². The summed E-state index contributed by atoms with van der Waals surface area (Å²) in [6, 6.07) is 16.1. The van der Waals surface area contributed by atoms with E-state index in [9.17, 15) is 14.7 Å². The number of fused-ring (bicyclic) bond motifs is 2. The van der Waals surface area contributed by atoms with Crippen molar-refractivity contribution in [2.75, 3.05) is 24.5 Å². The Hall–Kier alpha value is -2.66. The molecular formula is C22H24N2O3. The molecule has 0 aliphatic carbocycles. The summed E-state index contributed by atoms with van der Waals surface area (Å²) in [4.78, 5) is 28.6. The zero-order valence-electron chi connectivity index (χ0n) is 15.5. The second kappa shape index (κ2) is 6.82. The fourth-order valence-corrected chi connectivity index (χ4v) is 4.18. The van der Waals surface area contributed by atoms with E-state index < -0.39 is 11.4 Å². The molecule has 5 heteroatoms. The lowest BCUT2D eigenvalue weighted by Crippen LogP contribution is -2.39. The number of benzene rings is 2. The molecule has 2 aromatic rings. The monoisotopic (exact) mass is 364 g/mol. The Balaban J connectivity index is 1.65. The van der Waals surface area contributed by atoms with E-state index in [2.05, 4.69) is 12.1 Å². The molecule has 0 spiro atoms. The summed E-state index contributed by atoms with van der Waals surface area (Å²) < 4.78 is 0. The van der Waals surface area contributed by atoms with E-state index in [1.807, 2.05) is 46.2 Å². The van der Waals surface area contributed by atoms with Crippen LogP contribution in [0.5, 0.6) is 0 Å². The number of carbonyl (C=O) groups excluding carboxylic acids is 1. The van der Waals surface area contributed by atoms with Crippen LogP contribution in [0.4, 0.5) is 11.4 Å². The van der Waals surface area contributed by atoms with Crippen molar-refractivity contribution in [1.29, 1.82) is 0 Å². The number of para-hydroxylation sites is 2. The minimum atomic E-state index is -0.789. The molecule has 140 valence electrons. The Labute approximate surface area is 159 Å². The van der Waals surface area contributed by atoms with Gasteiger partial charge in [-0.05, 0) is 56.0 Å². The van der Waals surface area contributed by atoms with Crippen molar-refractivity contribution < 1.29 is 14.7 Å². The van der Waals surface area contributed by atoms with E-state index in [1.165, 1.54) is 11.1 Å². The summed E-state index contributed by atoms with van der Waals surface area (Å²) in [5, 5.41) is 9.45. The van der Waals surface area contributed by atoms with Gasteiger partial charge in [-0.3, -0.25) is 19.4 Å². The number of aliphatic carboxylic acids is 1. The van der Waals surface area contributed by atoms with E-state index in [0.29, 0.717) is 19.5 Å². The Morgan fingerprint density at radius 2 is 1.56 bits per heavy atom. The van der Waals surface area contributed by atoms with Gasteiger partial charge in [0.1, 0.15) is 0 Å². The number of hydrogen-bond acceptors (Lipinski definition) is 3. The van der Waals surface area contributed by atoms with Crippen LogP contribution in [0.1, 0.15) is 24.5 Å². The summed E-state index contributed by atoms with van der Waals surface area (Å²) in [5.41, 5.74) is 3.44. The van der Waals surface area contributed by atoms with Crippen molar-refractivity contribution >= 4 is 23.3 Å². The number of nitrogens with zero attached hydrogens (tertiary/aromatic N) is 2. The Morgan fingerprint density at radius 3 is 2.07 bits per heavy atom. The topological polar surface area (TPSA) is 60.9 Å². The molecule has 1 atom stereocenters. The zero-order chi connectivity index (χ0) is 19.0. The van der Waals surface area contributed by atoms with Crippen LogP contribution in [0.2, 0.25) is 0 Å². The molecule has 1 saturated heterocycles. The molecule has 1 fully saturated rings. The number of carbonyl (C=O) groups is 2. The first kappa shape index (κ1) is 17.7. The molecule has 2 aliphatic rings. The molecule has 4 rings (SSSR count). The van der Waals surface area contributed by atoms with Gasteiger partial charge in [0, 0.05) is 6.54 Å². The van der Waals surface area contributed by atoms with Gasteiger partial charge in [0.05, 0.1) is 23.3 Å². The fourth-order valence-electron chi connectivity index (χ4n) is 4.18. The molecule has 0 radical (unpaired) electrons. The van der Waals surface area contributed by atoms with Crippen molar-refractivity contribution in [3.05, 3.63) is 59.7 Å². The van der Waals surface area contributed by atoms with E-state index >= 15 is 0 Å². The third-order valence-corrected chi connectivity index (χ3v) is 5.81. The number of carboxylic acids is 1. The predicted octanol–water partition coefficient (Wildman–Crippen LogP) is 3.25. The number of rotatable bonds is 3. The zero-order valence-corrected chi connectivity index (χ0v) is 15.5. The maximum atomic E-state index is 13.4. The fraction of sp³-hybridized carbons (Fsp3) is 0.364. The standard InChI is InChI=1S/C22H24N2O3/c1-22(21(26)27)12-13-23(15-22)14-20(25)24-18-8-4-2-6-16(18)10-11-17-7-3-5-9-19(17)24/h2-9H,10-15H2,1H3,(H,26,27). The van der Waals surface area contributed by atoms with Crippen LogP contribution in [-0.2, 0) is 22.4 Å². The van der Waals surface area contributed by atoms with Crippen molar-refractivity contribution in [2.24, 2.45) is 5.41 Å². The Bertz CT molecular complexity index is 847. The van der Waals surface area contributed by atoms with Crippen LogP contribution in [0, 0.1) is 5.41 Å². The van der Waals surface area contributed by atoms with Crippen LogP contribution >= 0.6 is 0 Å². The second-order valence-electron chi connectivity index (χ2n) is 7.81. The van der Waals surface area contributed by atoms with Gasteiger partial charge in [-0.25, -0.2) is 0 Å². The lowest BCUT2D eigenvalue weighted by atomic mass is 9.90. The van der Waals surface area contributed by atoms with E-state index in [4.69, 9.17) is 0 Å². The first-order valence-electron chi connectivity index (χ1n) is 9.42. The van der Waals surface area contributed by atoms with E-state index in [0.717, 1.165) is 24.2 Å². The molecule has 1 N–H and O–H groups in total. The third-order valence-electron chi connectivity index (χ3n) is 5.81. The summed E-state index contributed by atoms with van der Waals surface area (Å²) >= 11 is 0. The smallest absolute Gasteiger partial charge is 0.310 e. The molecule has 2 aromatic carbocycles. The average molecular weight is 364 g/mol. The van der Waals surface area contributed by atoms with Gasteiger partial charge in [0.15, 0.2) is 0 Å². The van der Waals surface area contributed by atoms with Gasteiger partial charge >= 0.3 is 5.97 Å². The minimum absolute atomic E-state index is 0.00793. The van der Waals surface area contributed by atoms with E-state index in [-0.39, 0.29) is 12.5 Å². The lowest BCUT2D eigenvalue weighted by molar-refractivity contribution is -0.147. The molecule has 0 aromatic heterocycles. The van der Waals surface area contributed by atoms with Gasteiger partial charge in [-0.1, -0.05) is 36.4 Å². The predicted molar refractivity (Wildman–Crippen MR) is 104 cm³/mol. The first-order chi connectivity index (χ1) is 13.0. The SMILES string of the molecule is CC1(C(=O)O)CCN(CC(=O)N2c3ccccc3CCc3ccccc32)C1. The molecule has 1 unspecified atom stereocenters. The average Bonchev–Trinajstić information content (AvgIpc) is 2.95. The highest BCUT2D eigenvalue weighted by molar-refractivity contribution is 6.03. The first-order valence-corrected chi connectivity index (χ1v) is 9.42. The van der Waals surface area contributed by atoms with Crippen LogP contribution in [0.3, 0.4) is 0 Å². The molecule has 0 bridgehead atoms. The number of aryl methyl sites for hydroxylation is 2. The highest BCUT2D eigenvalue weighted by atomic mass is 16.4. The number of anilines is 2. The number of likely N-dealkylation sites (tertiary alicyclic amines) is 1. The van der Waals surface area contributed by atoms with Gasteiger partial charge in [0.25, 0.3) is 0 Å². The van der Waals surface area contributed by atoms with Gasteiger partial charge in [-0.15, -0.1) is 0 Å². The number of carboxylic acid groups (broad SMARTS) is 1. The number of amides is 1. The van der Waals surface area contributed by atoms with Gasteiger partial charge < -0.3 is 5.11 Å². The minimum Gasteiger partial charge on any atom is -0.481 e. The van der Waals surface area contributed by atoms with Crippen LogP contribution in [0.15, 0.2) is 48.5 Å². The number of hydrogen-bond donors (Lipinski definition) is 1. The summed E-state index contributed by atoms with van der Waals surface area (Å²) in [7, 11) is 0. The molecule has 27 heavy (non-hydrogen) atoms. The lowest BCUT2D eigenvalue weighted by Gasteiger charge is -2.27. The molecule has 5 nitrogen and oxygen atoms in total. The van der Waals surface area contributed by atoms with Crippen molar-refractivity contribution in [3.63, 3.8) is 0 Å². The molecule has 2 heterocycles. The van der Waals surface area contributed by atoms with Crippen LogP contribution in [0.25, 0.3) is 0 Å². The van der Waals surface area contributed by atoms with E-state index in [1.54, 1.807) is 6.92 Å². The van der Waals surface area contributed by atoms with Crippen LogP contribution < -0.4 is 4.90 Å². The van der Waals surface area contributed by atoms with Gasteiger partial charge in [-0.2, -0.15) is 0 Å². The molecule has 1 amide bonds. The highest BCUT2D eigenvalue weighted by Crippen LogP contribution is 2.37. The van der Waals surface area contributed by atoms with Crippen molar-refractivity contribution in [1.82, 2.24) is 4.90 Å². The summed E-state index contributed by atoms with van der Waals surface area (Å²) in [6.07, 6.45) is 2.37. The third kappa shape index (κ3) is 3.23. The second-order valence-corrected chi connectivity index (χ2v) is 7.81. The highest BCUT2D eigenvalue weighted by Gasteiger charge is 2.41. The summed E-state index contributed by atoms with van der Waals surface area (Å²) in [5.74, 6) is -0.797. The largest absolute Gasteiger partial charge is 0.481 e. The Kier molecular flexibility index (Phi) is 4.48.